The summed E-state index contributed by atoms with van der Waals surface area (Å²) in [5.41, 5.74) is 2.22. The van der Waals surface area contributed by atoms with Gasteiger partial charge < -0.3 is 9.80 Å². The van der Waals surface area contributed by atoms with Crippen molar-refractivity contribution in [1.82, 2.24) is 9.88 Å². The van der Waals surface area contributed by atoms with Gasteiger partial charge in [-0.15, -0.1) is 0 Å². The number of pyridine rings is 1. The van der Waals surface area contributed by atoms with Crippen molar-refractivity contribution in [1.29, 1.82) is 0 Å². The highest BCUT2D eigenvalue weighted by atomic mass is 16.2. The molecule has 2 heterocycles. The van der Waals surface area contributed by atoms with Crippen LogP contribution in [0, 0.1) is 5.92 Å². The number of hydrogen-bond donors (Lipinski definition) is 0. The maximum atomic E-state index is 12.0. The highest BCUT2D eigenvalue weighted by Crippen LogP contribution is 2.25. The molecule has 1 aliphatic rings. The van der Waals surface area contributed by atoms with Gasteiger partial charge in [0.15, 0.2) is 0 Å². The number of rotatable bonds is 2. The molecule has 4 nitrogen and oxygen atoms in total. The van der Waals surface area contributed by atoms with Crippen LogP contribution in [0.5, 0.6) is 0 Å². The van der Waals surface area contributed by atoms with Crippen molar-refractivity contribution in [2.45, 2.75) is 13.8 Å². The van der Waals surface area contributed by atoms with Crippen molar-refractivity contribution in [3.05, 3.63) is 36.5 Å². The molecule has 3 rings (SSSR count). The predicted molar refractivity (Wildman–Crippen MR) is 85.4 cm³/mol. The number of hydrogen-bond acceptors (Lipinski definition) is 3. The fraction of sp³-hybridized carbons (Fsp3) is 0.412. The van der Waals surface area contributed by atoms with Gasteiger partial charge in [0.1, 0.15) is 0 Å². The van der Waals surface area contributed by atoms with Crippen LogP contribution in [0.1, 0.15) is 13.8 Å². The number of aromatic nitrogens is 1. The third kappa shape index (κ3) is 2.71. The zero-order valence-corrected chi connectivity index (χ0v) is 12.6. The first-order valence-electron chi connectivity index (χ1n) is 7.54. The van der Waals surface area contributed by atoms with Gasteiger partial charge in [-0.1, -0.05) is 32.0 Å². The first kappa shape index (κ1) is 13.9. The van der Waals surface area contributed by atoms with Crippen LogP contribution >= 0.6 is 0 Å². The number of fused-ring (bicyclic) bond motifs is 1. The second-order valence-corrected chi connectivity index (χ2v) is 5.82. The van der Waals surface area contributed by atoms with E-state index < -0.39 is 0 Å². The molecule has 0 aliphatic carbocycles. The molecular weight excluding hydrogens is 262 g/mol. The van der Waals surface area contributed by atoms with Crippen molar-refractivity contribution in [3.8, 4) is 0 Å². The maximum Gasteiger partial charge on any atom is 0.225 e. The van der Waals surface area contributed by atoms with Crippen LogP contribution in [0.2, 0.25) is 0 Å². The summed E-state index contributed by atoms with van der Waals surface area (Å²) in [5, 5.41) is 1.16. The Kier molecular flexibility index (Phi) is 3.78. The third-order valence-electron chi connectivity index (χ3n) is 4.04. The molecule has 0 N–H and O–H groups in total. The topological polar surface area (TPSA) is 36.4 Å². The van der Waals surface area contributed by atoms with Crippen molar-refractivity contribution in [3.63, 3.8) is 0 Å². The standard InChI is InChI=1S/C17H21N3O/c1-13(2)17(21)20-11-9-19(10-12-20)15-7-3-5-14-6-4-8-18-16(14)15/h3-8,13H,9-12H2,1-2H3. The van der Waals surface area contributed by atoms with Crippen LogP contribution in [0.4, 0.5) is 5.69 Å². The van der Waals surface area contributed by atoms with E-state index in [-0.39, 0.29) is 11.8 Å². The van der Waals surface area contributed by atoms with Gasteiger partial charge in [0.25, 0.3) is 0 Å². The Morgan fingerprint density at radius 2 is 1.81 bits per heavy atom. The highest BCUT2D eigenvalue weighted by molar-refractivity contribution is 5.90. The Balaban J connectivity index is 1.79. The monoisotopic (exact) mass is 283 g/mol. The quantitative estimate of drug-likeness (QED) is 0.850. The maximum absolute atomic E-state index is 12.0. The van der Waals surface area contributed by atoms with E-state index in [9.17, 15) is 4.79 Å². The summed E-state index contributed by atoms with van der Waals surface area (Å²) in [6, 6.07) is 10.3. The van der Waals surface area contributed by atoms with Crippen molar-refractivity contribution >= 4 is 22.5 Å². The summed E-state index contributed by atoms with van der Waals surface area (Å²) in [5.74, 6) is 0.335. The molecule has 0 atom stereocenters. The lowest BCUT2D eigenvalue weighted by Gasteiger charge is -2.37. The number of para-hydroxylation sites is 1. The van der Waals surface area contributed by atoms with E-state index in [0.717, 1.165) is 37.1 Å². The number of piperazine rings is 1. The first-order chi connectivity index (χ1) is 10.2. The Labute approximate surface area is 125 Å². The van der Waals surface area contributed by atoms with Gasteiger partial charge in [0, 0.05) is 43.7 Å². The van der Waals surface area contributed by atoms with Crippen LogP contribution in [0.25, 0.3) is 10.9 Å². The normalized spacial score (nSPS) is 15.8. The summed E-state index contributed by atoms with van der Waals surface area (Å²) in [6.07, 6.45) is 1.84. The predicted octanol–water partition coefficient (Wildman–Crippen LogP) is 2.54. The fourth-order valence-corrected chi connectivity index (χ4v) is 2.88. The second-order valence-electron chi connectivity index (χ2n) is 5.82. The number of carbonyl (C=O) groups excluding carboxylic acids is 1. The molecule has 0 radical (unpaired) electrons. The lowest BCUT2D eigenvalue weighted by atomic mass is 10.1. The molecule has 1 aromatic heterocycles. The molecule has 4 heteroatoms. The van der Waals surface area contributed by atoms with E-state index in [1.54, 1.807) is 0 Å². The third-order valence-corrected chi connectivity index (χ3v) is 4.04. The van der Waals surface area contributed by atoms with Crippen LogP contribution in [-0.4, -0.2) is 42.0 Å². The minimum Gasteiger partial charge on any atom is -0.366 e. The summed E-state index contributed by atoms with van der Waals surface area (Å²) in [4.78, 5) is 20.9. The molecule has 0 saturated carbocycles. The Morgan fingerprint density at radius 3 is 2.52 bits per heavy atom. The smallest absolute Gasteiger partial charge is 0.225 e. The second kappa shape index (κ2) is 5.72. The SMILES string of the molecule is CC(C)C(=O)N1CCN(c2cccc3cccnc23)CC1. The summed E-state index contributed by atoms with van der Waals surface area (Å²) >= 11 is 0. The molecule has 1 aliphatic heterocycles. The van der Waals surface area contributed by atoms with Crippen LogP contribution in [0.3, 0.4) is 0 Å². The van der Waals surface area contributed by atoms with Gasteiger partial charge in [-0.25, -0.2) is 0 Å². The summed E-state index contributed by atoms with van der Waals surface area (Å²) in [6.45, 7) is 7.25. The van der Waals surface area contributed by atoms with Crippen LogP contribution < -0.4 is 4.90 Å². The number of benzene rings is 1. The molecule has 110 valence electrons. The minimum absolute atomic E-state index is 0.0794. The Morgan fingerprint density at radius 1 is 1.10 bits per heavy atom. The van der Waals surface area contributed by atoms with E-state index >= 15 is 0 Å². The van der Waals surface area contributed by atoms with Gasteiger partial charge >= 0.3 is 0 Å². The summed E-state index contributed by atoms with van der Waals surface area (Å²) in [7, 11) is 0. The van der Waals surface area contributed by atoms with E-state index in [0.29, 0.717) is 0 Å². The lowest BCUT2D eigenvalue weighted by molar-refractivity contribution is -0.134. The molecule has 1 amide bonds. The van der Waals surface area contributed by atoms with Crippen LogP contribution in [-0.2, 0) is 4.79 Å². The Bertz CT molecular complexity index is 640. The van der Waals surface area contributed by atoms with Crippen molar-refractivity contribution in [2.24, 2.45) is 5.92 Å². The molecule has 21 heavy (non-hydrogen) atoms. The van der Waals surface area contributed by atoms with Gasteiger partial charge in [-0.2, -0.15) is 0 Å². The number of carbonyl (C=O) groups is 1. The largest absolute Gasteiger partial charge is 0.366 e. The molecule has 1 aromatic carbocycles. The average molecular weight is 283 g/mol. The summed E-state index contributed by atoms with van der Waals surface area (Å²) < 4.78 is 0. The molecule has 2 aromatic rings. The van der Waals surface area contributed by atoms with Gasteiger partial charge in [-0.05, 0) is 12.1 Å². The minimum atomic E-state index is 0.0794. The van der Waals surface area contributed by atoms with E-state index in [1.807, 2.05) is 31.0 Å². The van der Waals surface area contributed by atoms with Crippen molar-refractivity contribution < 1.29 is 4.79 Å². The Hall–Kier alpha value is -2.10. The molecular formula is C17H21N3O. The molecule has 0 spiro atoms. The van der Waals surface area contributed by atoms with E-state index in [4.69, 9.17) is 0 Å². The molecule has 0 unspecified atom stereocenters. The molecule has 1 fully saturated rings. The highest BCUT2D eigenvalue weighted by Gasteiger charge is 2.23. The van der Waals surface area contributed by atoms with Gasteiger partial charge in [0.2, 0.25) is 5.91 Å². The van der Waals surface area contributed by atoms with E-state index in [2.05, 4.69) is 34.1 Å². The van der Waals surface area contributed by atoms with Crippen molar-refractivity contribution in [2.75, 3.05) is 31.1 Å². The zero-order chi connectivity index (χ0) is 14.8. The lowest BCUT2D eigenvalue weighted by Crippen LogP contribution is -2.50. The van der Waals surface area contributed by atoms with Gasteiger partial charge in [-0.3, -0.25) is 9.78 Å². The molecule has 0 bridgehead atoms. The van der Waals surface area contributed by atoms with E-state index in [1.165, 1.54) is 5.69 Å². The van der Waals surface area contributed by atoms with Gasteiger partial charge in [0.05, 0.1) is 11.2 Å². The molecule has 1 saturated heterocycles. The first-order valence-corrected chi connectivity index (χ1v) is 7.54. The fourth-order valence-electron chi connectivity index (χ4n) is 2.88. The average Bonchev–Trinajstić information content (AvgIpc) is 2.53. The number of amides is 1. The number of nitrogens with zero attached hydrogens (tertiary/aromatic N) is 3. The van der Waals surface area contributed by atoms with Crippen LogP contribution in [0.15, 0.2) is 36.5 Å². The number of anilines is 1. The zero-order valence-electron chi connectivity index (χ0n) is 12.6.